The summed E-state index contributed by atoms with van der Waals surface area (Å²) in [5, 5.41) is 11.4. The van der Waals surface area contributed by atoms with Crippen LogP contribution in [0.15, 0.2) is 36.4 Å². The van der Waals surface area contributed by atoms with E-state index in [4.69, 9.17) is 14.6 Å². The molecule has 26 heavy (non-hydrogen) atoms. The van der Waals surface area contributed by atoms with Crippen LogP contribution in [0.5, 0.6) is 11.6 Å². The fourth-order valence-electron chi connectivity index (χ4n) is 2.26. The summed E-state index contributed by atoms with van der Waals surface area (Å²) in [6.07, 6.45) is 0.543. The van der Waals surface area contributed by atoms with Gasteiger partial charge >= 0.3 is 5.97 Å². The molecule has 0 saturated heterocycles. The zero-order valence-electron chi connectivity index (χ0n) is 14.8. The molecule has 1 aromatic heterocycles. The summed E-state index contributed by atoms with van der Waals surface area (Å²) in [7, 11) is 1.48. The van der Waals surface area contributed by atoms with Gasteiger partial charge in [0, 0.05) is 18.7 Å². The summed E-state index contributed by atoms with van der Waals surface area (Å²) in [4.78, 5) is 26.9. The monoisotopic (exact) mass is 358 g/mol. The molecule has 0 atom stereocenters. The second-order valence-corrected chi connectivity index (χ2v) is 5.68. The van der Waals surface area contributed by atoms with Crippen LogP contribution < -0.4 is 14.8 Å². The summed E-state index contributed by atoms with van der Waals surface area (Å²) in [5.74, 6) is -0.133. The molecule has 2 rings (SSSR count). The number of amides is 1. The number of ether oxygens (including phenoxy) is 2. The van der Waals surface area contributed by atoms with Crippen molar-refractivity contribution in [3.63, 3.8) is 0 Å². The molecule has 0 spiro atoms. The number of hydrogen-bond acceptors (Lipinski definition) is 5. The highest BCUT2D eigenvalue weighted by Crippen LogP contribution is 2.16. The molecule has 0 unspecified atom stereocenters. The molecule has 1 amide bonds. The van der Waals surface area contributed by atoms with E-state index in [1.807, 2.05) is 19.1 Å². The van der Waals surface area contributed by atoms with E-state index in [1.165, 1.54) is 7.11 Å². The van der Waals surface area contributed by atoms with Crippen molar-refractivity contribution in [1.82, 2.24) is 10.3 Å². The van der Waals surface area contributed by atoms with E-state index in [0.29, 0.717) is 36.8 Å². The number of carboxylic acid groups (broad SMARTS) is 1. The second-order valence-electron chi connectivity index (χ2n) is 5.68. The molecule has 0 saturated carbocycles. The van der Waals surface area contributed by atoms with Gasteiger partial charge in [-0.3, -0.25) is 9.59 Å². The number of aromatic nitrogens is 1. The average molecular weight is 358 g/mol. The van der Waals surface area contributed by atoms with Crippen molar-refractivity contribution < 1.29 is 24.2 Å². The van der Waals surface area contributed by atoms with E-state index in [-0.39, 0.29) is 12.3 Å². The molecule has 0 aliphatic heterocycles. The first-order valence-electron chi connectivity index (χ1n) is 8.23. The third kappa shape index (κ3) is 5.77. The normalized spacial score (nSPS) is 10.2. The lowest BCUT2D eigenvalue weighted by Gasteiger charge is -2.10. The smallest absolute Gasteiger partial charge is 0.303 e. The van der Waals surface area contributed by atoms with Crippen molar-refractivity contribution in [3.8, 4) is 11.6 Å². The summed E-state index contributed by atoms with van der Waals surface area (Å²) >= 11 is 0. The van der Waals surface area contributed by atoms with Gasteiger partial charge in [0.1, 0.15) is 11.3 Å². The lowest BCUT2D eigenvalue weighted by Crippen LogP contribution is -2.23. The number of pyridine rings is 1. The van der Waals surface area contributed by atoms with Crippen molar-refractivity contribution in [2.75, 3.05) is 13.7 Å². The minimum atomic E-state index is -0.833. The number of rotatable bonds is 9. The van der Waals surface area contributed by atoms with Gasteiger partial charge in [0.2, 0.25) is 5.88 Å². The Bertz CT molecular complexity index is 759. The number of methoxy groups -OCH3 is 1. The van der Waals surface area contributed by atoms with E-state index in [9.17, 15) is 9.59 Å². The Morgan fingerprint density at radius 3 is 2.54 bits per heavy atom. The Morgan fingerprint density at radius 1 is 1.15 bits per heavy atom. The Kier molecular flexibility index (Phi) is 6.96. The van der Waals surface area contributed by atoms with Crippen LogP contribution in [0.1, 0.15) is 34.5 Å². The van der Waals surface area contributed by atoms with Crippen LogP contribution >= 0.6 is 0 Å². The second kappa shape index (κ2) is 9.41. The SMILES string of the molecule is COc1nc(C)ccc1C(=O)NCc1ccc(OCCCC(=O)O)cc1. The fourth-order valence-corrected chi connectivity index (χ4v) is 2.26. The van der Waals surface area contributed by atoms with E-state index in [2.05, 4.69) is 10.3 Å². The fraction of sp³-hybridized carbons (Fsp3) is 0.316. The van der Waals surface area contributed by atoms with Gasteiger partial charge in [0.25, 0.3) is 5.91 Å². The van der Waals surface area contributed by atoms with Crippen LogP contribution in [0.25, 0.3) is 0 Å². The predicted molar refractivity (Wildman–Crippen MR) is 95.5 cm³/mol. The Balaban J connectivity index is 1.85. The first kappa shape index (κ1) is 19.2. The van der Waals surface area contributed by atoms with E-state index in [1.54, 1.807) is 24.3 Å². The van der Waals surface area contributed by atoms with Crippen molar-refractivity contribution in [3.05, 3.63) is 53.2 Å². The molecule has 0 aliphatic carbocycles. The first-order valence-corrected chi connectivity index (χ1v) is 8.23. The molecule has 7 nitrogen and oxygen atoms in total. The molecule has 0 fully saturated rings. The number of carbonyl (C=O) groups is 2. The van der Waals surface area contributed by atoms with Crippen molar-refractivity contribution in [2.45, 2.75) is 26.3 Å². The van der Waals surface area contributed by atoms with Gasteiger partial charge in [-0.15, -0.1) is 0 Å². The topological polar surface area (TPSA) is 97.8 Å². The van der Waals surface area contributed by atoms with Gasteiger partial charge in [-0.2, -0.15) is 0 Å². The standard InChI is InChI=1S/C19H22N2O5/c1-13-5-10-16(19(21-13)25-2)18(24)20-12-14-6-8-15(9-7-14)26-11-3-4-17(22)23/h5-10H,3-4,11-12H2,1-2H3,(H,20,24)(H,22,23). The van der Waals surface area contributed by atoms with Gasteiger partial charge in [-0.25, -0.2) is 4.98 Å². The van der Waals surface area contributed by atoms with Gasteiger partial charge in [0.15, 0.2) is 0 Å². The summed E-state index contributed by atoms with van der Waals surface area (Å²) < 4.78 is 10.6. The number of aryl methyl sites for hydroxylation is 1. The highest BCUT2D eigenvalue weighted by Gasteiger charge is 2.13. The molecular formula is C19H22N2O5. The van der Waals surface area contributed by atoms with Gasteiger partial charge < -0.3 is 19.9 Å². The van der Waals surface area contributed by atoms with E-state index in [0.717, 1.165) is 11.3 Å². The van der Waals surface area contributed by atoms with Crippen LogP contribution in [0, 0.1) is 6.92 Å². The van der Waals surface area contributed by atoms with Crippen LogP contribution in [-0.2, 0) is 11.3 Å². The third-order valence-corrected chi connectivity index (χ3v) is 3.62. The first-order chi connectivity index (χ1) is 12.5. The largest absolute Gasteiger partial charge is 0.494 e. The number of nitrogens with zero attached hydrogens (tertiary/aromatic N) is 1. The maximum Gasteiger partial charge on any atom is 0.303 e. The number of carboxylic acids is 1. The Morgan fingerprint density at radius 2 is 1.88 bits per heavy atom. The third-order valence-electron chi connectivity index (χ3n) is 3.62. The summed E-state index contributed by atoms with van der Waals surface area (Å²) in [6, 6.07) is 10.7. The van der Waals surface area contributed by atoms with Crippen LogP contribution in [-0.4, -0.2) is 35.7 Å². The maximum atomic E-state index is 12.3. The maximum absolute atomic E-state index is 12.3. The molecule has 2 N–H and O–H groups in total. The molecule has 1 heterocycles. The Hall–Kier alpha value is -3.09. The average Bonchev–Trinajstić information content (AvgIpc) is 2.64. The molecular weight excluding hydrogens is 336 g/mol. The quantitative estimate of drug-likeness (QED) is 0.669. The van der Waals surface area contributed by atoms with Crippen molar-refractivity contribution >= 4 is 11.9 Å². The predicted octanol–water partition coefficient (Wildman–Crippen LogP) is 2.57. The zero-order valence-corrected chi connectivity index (χ0v) is 14.8. The number of benzene rings is 1. The summed E-state index contributed by atoms with van der Waals surface area (Å²) in [5.41, 5.74) is 2.07. The number of nitrogens with one attached hydrogen (secondary N) is 1. The number of hydrogen-bond donors (Lipinski definition) is 2. The lowest BCUT2D eigenvalue weighted by atomic mass is 10.2. The minimum Gasteiger partial charge on any atom is -0.494 e. The molecule has 0 radical (unpaired) electrons. The zero-order chi connectivity index (χ0) is 18.9. The number of aliphatic carboxylic acids is 1. The van der Waals surface area contributed by atoms with Crippen LogP contribution in [0.3, 0.4) is 0 Å². The highest BCUT2D eigenvalue weighted by molar-refractivity contribution is 5.96. The Labute approximate surface area is 152 Å². The van der Waals surface area contributed by atoms with E-state index < -0.39 is 5.97 Å². The van der Waals surface area contributed by atoms with Gasteiger partial charge in [-0.1, -0.05) is 12.1 Å². The molecule has 7 heteroatoms. The van der Waals surface area contributed by atoms with Crippen molar-refractivity contribution in [2.24, 2.45) is 0 Å². The lowest BCUT2D eigenvalue weighted by molar-refractivity contribution is -0.137. The molecule has 138 valence electrons. The van der Waals surface area contributed by atoms with Crippen molar-refractivity contribution in [1.29, 1.82) is 0 Å². The molecule has 0 bridgehead atoms. The molecule has 2 aromatic rings. The molecule has 1 aromatic carbocycles. The van der Waals surface area contributed by atoms with Crippen LogP contribution in [0.4, 0.5) is 0 Å². The number of carbonyl (C=O) groups excluding carboxylic acids is 1. The van der Waals surface area contributed by atoms with Crippen LogP contribution in [0.2, 0.25) is 0 Å². The summed E-state index contributed by atoms with van der Waals surface area (Å²) in [6.45, 7) is 2.53. The minimum absolute atomic E-state index is 0.0848. The van der Waals surface area contributed by atoms with E-state index >= 15 is 0 Å². The molecule has 0 aliphatic rings. The highest BCUT2D eigenvalue weighted by atomic mass is 16.5. The van der Waals surface area contributed by atoms with Gasteiger partial charge in [-0.05, 0) is 43.2 Å². The van der Waals surface area contributed by atoms with Gasteiger partial charge in [0.05, 0.1) is 13.7 Å².